The third-order valence-corrected chi connectivity index (χ3v) is 4.61. The molecular formula is C14H23NS. The van der Waals surface area contributed by atoms with Crippen LogP contribution in [0.2, 0.25) is 0 Å². The van der Waals surface area contributed by atoms with Crippen LogP contribution in [-0.2, 0) is 0 Å². The average Bonchev–Trinajstić information content (AvgIpc) is 2.83. The first kappa shape index (κ1) is 12.1. The van der Waals surface area contributed by atoms with Crippen molar-refractivity contribution >= 4 is 11.3 Å². The Morgan fingerprint density at radius 2 is 2.00 bits per heavy atom. The molecule has 0 radical (unpaired) electrons. The summed E-state index contributed by atoms with van der Waals surface area (Å²) in [5, 5.41) is 8.18. The van der Waals surface area contributed by atoms with Gasteiger partial charge in [0.15, 0.2) is 0 Å². The van der Waals surface area contributed by atoms with Gasteiger partial charge in [-0.05, 0) is 55.0 Å². The Morgan fingerprint density at radius 1 is 1.25 bits per heavy atom. The van der Waals surface area contributed by atoms with Gasteiger partial charge in [0.05, 0.1) is 0 Å². The summed E-state index contributed by atoms with van der Waals surface area (Å²) in [5.74, 6) is 0.898. The molecule has 2 atom stereocenters. The fourth-order valence-electron chi connectivity index (χ4n) is 2.78. The average molecular weight is 237 g/mol. The van der Waals surface area contributed by atoms with Crippen LogP contribution in [0.15, 0.2) is 16.8 Å². The van der Waals surface area contributed by atoms with Crippen LogP contribution in [0.3, 0.4) is 0 Å². The summed E-state index contributed by atoms with van der Waals surface area (Å²) < 4.78 is 0. The van der Waals surface area contributed by atoms with Gasteiger partial charge in [0, 0.05) is 12.1 Å². The number of hydrogen-bond donors (Lipinski definition) is 1. The lowest BCUT2D eigenvalue weighted by Gasteiger charge is -2.30. The van der Waals surface area contributed by atoms with Crippen molar-refractivity contribution in [2.45, 2.75) is 58.0 Å². The predicted molar refractivity (Wildman–Crippen MR) is 71.9 cm³/mol. The smallest absolute Gasteiger partial charge is 0.0302 e. The summed E-state index contributed by atoms with van der Waals surface area (Å²) in [6, 6.07) is 3.40. The monoisotopic (exact) mass is 237 g/mol. The Morgan fingerprint density at radius 3 is 2.62 bits per heavy atom. The Hall–Kier alpha value is -0.340. The summed E-state index contributed by atoms with van der Waals surface area (Å²) in [6.45, 7) is 4.64. The number of nitrogens with one attached hydrogen (secondary N) is 1. The minimum Gasteiger partial charge on any atom is -0.307 e. The maximum absolute atomic E-state index is 3.76. The highest BCUT2D eigenvalue weighted by molar-refractivity contribution is 7.07. The molecule has 0 aromatic carbocycles. The van der Waals surface area contributed by atoms with E-state index in [0.29, 0.717) is 12.1 Å². The van der Waals surface area contributed by atoms with Gasteiger partial charge in [-0.2, -0.15) is 11.3 Å². The normalized spacial score (nSPS) is 21.9. The third-order valence-electron chi connectivity index (χ3n) is 3.91. The second-order valence-electron chi connectivity index (χ2n) is 5.13. The highest BCUT2D eigenvalue weighted by atomic mass is 32.1. The lowest BCUT2D eigenvalue weighted by atomic mass is 9.84. The molecule has 1 aromatic rings. The summed E-state index contributed by atoms with van der Waals surface area (Å²) in [7, 11) is 0. The predicted octanol–water partition coefficient (Wildman–Crippen LogP) is 4.37. The van der Waals surface area contributed by atoms with E-state index < -0.39 is 0 Å². The van der Waals surface area contributed by atoms with Crippen molar-refractivity contribution < 1.29 is 0 Å². The molecule has 90 valence electrons. The van der Waals surface area contributed by atoms with Crippen LogP contribution in [0.1, 0.15) is 57.6 Å². The van der Waals surface area contributed by atoms with E-state index in [-0.39, 0.29) is 0 Å². The molecule has 2 heteroatoms. The topological polar surface area (TPSA) is 12.0 Å². The minimum atomic E-state index is 0.503. The van der Waals surface area contributed by atoms with Gasteiger partial charge in [-0.3, -0.25) is 0 Å². The SMILES string of the molecule is CC(N[C@H](C)C1CCCCC1)c1ccsc1. The maximum atomic E-state index is 3.76. The van der Waals surface area contributed by atoms with Crippen molar-refractivity contribution in [1.82, 2.24) is 5.32 Å². The molecule has 1 unspecified atom stereocenters. The maximum Gasteiger partial charge on any atom is 0.0302 e. The quantitative estimate of drug-likeness (QED) is 0.820. The number of thiophene rings is 1. The van der Waals surface area contributed by atoms with Gasteiger partial charge in [0.1, 0.15) is 0 Å². The van der Waals surface area contributed by atoms with Crippen molar-refractivity contribution in [2.75, 3.05) is 0 Å². The highest BCUT2D eigenvalue weighted by Gasteiger charge is 2.21. The summed E-state index contributed by atoms with van der Waals surface area (Å²) in [4.78, 5) is 0. The Balaban J connectivity index is 1.84. The Labute approximate surface area is 103 Å². The van der Waals surface area contributed by atoms with Crippen molar-refractivity contribution in [1.29, 1.82) is 0 Å². The van der Waals surface area contributed by atoms with Gasteiger partial charge in [-0.25, -0.2) is 0 Å². The standard InChI is InChI=1S/C14H23NS/c1-11(13-6-4-3-5-7-13)15-12(2)14-8-9-16-10-14/h8-13,15H,3-7H2,1-2H3/t11-,12?/m1/s1. The van der Waals surface area contributed by atoms with Gasteiger partial charge < -0.3 is 5.32 Å². The third kappa shape index (κ3) is 3.08. The minimum absolute atomic E-state index is 0.503. The molecule has 1 aliphatic rings. The van der Waals surface area contributed by atoms with E-state index >= 15 is 0 Å². The molecule has 1 heterocycles. The first-order valence-electron chi connectivity index (χ1n) is 6.55. The van der Waals surface area contributed by atoms with E-state index in [1.807, 2.05) is 0 Å². The fourth-order valence-corrected chi connectivity index (χ4v) is 3.54. The summed E-state index contributed by atoms with van der Waals surface area (Å²) >= 11 is 1.79. The van der Waals surface area contributed by atoms with E-state index in [9.17, 15) is 0 Å². The van der Waals surface area contributed by atoms with Crippen molar-refractivity contribution in [2.24, 2.45) is 5.92 Å². The summed E-state index contributed by atoms with van der Waals surface area (Å²) in [6.07, 6.45) is 7.16. The molecule has 2 rings (SSSR count). The van der Waals surface area contributed by atoms with Gasteiger partial charge >= 0.3 is 0 Å². The lowest BCUT2D eigenvalue weighted by Crippen LogP contribution is -2.36. The van der Waals surface area contributed by atoms with Crippen molar-refractivity contribution in [3.8, 4) is 0 Å². The molecule has 1 aliphatic carbocycles. The highest BCUT2D eigenvalue weighted by Crippen LogP contribution is 2.27. The van der Waals surface area contributed by atoms with Crippen LogP contribution in [0.25, 0.3) is 0 Å². The molecule has 16 heavy (non-hydrogen) atoms. The van der Waals surface area contributed by atoms with E-state index in [2.05, 4.69) is 36.0 Å². The molecule has 1 aromatic heterocycles. The van der Waals surface area contributed by atoms with E-state index in [0.717, 1.165) is 5.92 Å². The second-order valence-corrected chi connectivity index (χ2v) is 5.91. The van der Waals surface area contributed by atoms with Crippen LogP contribution in [0.5, 0.6) is 0 Å². The van der Waals surface area contributed by atoms with Gasteiger partial charge in [0.25, 0.3) is 0 Å². The van der Waals surface area contributed by atoms with E-state index in [4.69, 9.17) is 0 Å². The largest absolute Gasteiger partial charge is 0.307 e. The zero-order valence-electron chi connectivity index (χ0n) is 10.4. The van der Waals surface area contributed by atoms with Gasteiger partial charge in [-0.15, -0.1) is 0 Å². The zero-order valence-corrected chi connectivity index (χ0v) is 11.2. The molecule has 0 saturated heterocycles. The second kappa shape index (κ2) is 5.83. The first-order valence-corrected chi connectivity index (χ1v) is 7.50. The molecule has 1 nitrogen and oxygen atoms in total. The van der Waals surface area contributed by atoms with Crippen molar-refractivity contribution in [3.05, 3.63) is 22.4 Å². The molecule has 0 spiro atoms. The molecule has 0 aliphatic heterocycles. The zero-order chi connectivity index (χ0) is 11.4. The lowest BCUT2D eigenvalue weighted by molar-refractivity contribution is 0.268. The van der Waals surface area contributed by atoms with Crippen LogP contribution in [0, 0.1) is 5.92 Å². The molecule has 1 saturated carbocycles. The molecule has 0 amide bonds. The van der Waals surface area contributed by atoms with E-state index in [1.54, 1.807) is 11.3 Å². The number of hydrogen-bond acceptors (Lipinski definition) is 2. The van der Waals surface area contributed by atoms with Crippen LogP contribution < -0.4 is 5.32 Å². The van der Waals surface area contributed by atoms with Crippen molar-refractivity contribution in [3.63, 3.8) is 0 Å². The summed E-state index contributed by atoms with van der Waals surface area (Å²) in [5.41, 5.74) is 1.44. The Bertz CT molecular complexity index is 288. The fraction of sp³-hybridized carbons (Fsp3) is 0.714. The van der Waals surface area contributed by atoms with E-state index in [1.165, 1.54) is 37.7 Å². The van der Waals surface area contributed by atoms with Gasteiger partial charge in [0.2, 0.25) is 0 Å². The molecule has 1 fully saturated rings. The molecule has 1 N–H and O–H groups in total. The van der Waals surface area contributed by atoms with Crippen LogP contribution >= 0.6 is 11.3 Å². The Kier molecular flexibility index (Phi) is 4.42. The molecular weight excluding hydrogens is 214 g/mol. The van der Waals surface area contributed by atoms with Gasteiger partial charge in [-0.1, -0.05) is 19.3 Å². The first-order chi connectivity index (χ1) is 7.77. The van der Waals surface area contributed by atoms with Crippen LogP contribution in [0.4, 0.5) is 0 Å². The van der Waals surface area contributed by atoms with Crippen LogP contribution in [-0.4, -0.2) is 6.04 Å². The molecule has 0 bridgehead atoms. The number of rotatable bonds is 4.